The third-order valence-electron chi connectivity index (χ3n) is 2.99. The number of alkyl halides is 6. The standard InChI is InChI=1S/C15H16ClF5N2O5/c1-3-26-11(24)13(14(17,18)19,23-12(25)27-4-2)22-9-5-7-10(8-6-9)28-15(16,20)21/h5-8,22H,3-4H2,1-2H3,(H,23,25). The Bertz CT molecular complexity index is 681. The largest absolute Gasteiger partial charge is 0.487 e. The van der Waals surface area contributed by atoms with Gasteiger partial charge in [0.25, 0.3) is 0 Å². The Balaban J connectivity index is 3.26. The number of alkyl carbamates (subject to hydrolysis) is 1. The minimum absolute atomic E-state index is 0.263. The molecule has 158 valence electrons. The van der Waals surface area contributed by atoms with Crippen molar-refractivity contribution in [3.8, 4) is 5.75 Å². The molecule has 1 atom stereocenters. The van der Waals surface area contributed by atoms with Crippen molar-refractivity contribution < 1.29 is 45.8 Å². The van der Waals surface area contributed by atoms with Crippen LogP contribution in [-0.2, 0) is 14.3 Å². The van der Waals surface area contributed by atoms with Crippen LogP contribution in [0.3, 0.4) is 0 Å². The molecule has 0 heterocycles. The molecule has 0 aromatic heterocycles. The number of halogens is 6. The Hall–Kier alpha value is -2.50. The van der Waals surface area contributed by atoms with Crippen LogP contribution < -0.4 is 15.4 Å². The van der Waals surface area contributed by atoms with Crippen LogP contribution in [0.5, 0.6) is 5.75 Å². The maximum atomic E-state index is 13.8. The van der Waals surface area contributed by atoms with E-state index in [4.69, 9.17) is 0 Å². The highest BCUT2D eigenvalue weighted by molar-refractivity contribution is 6.20. The number of anilines is 1. The summed E-state index contributed by atoms with van der Waals surface area (Å²) in [6, 6.07) is 3.53. The molecule has 2 N–H and O–H groups in total. The average molecular weight is 435 g/mol. The molecule has 1 aromatic carbocycles. The lowest BCUT2D eigenvalue weighted by Gasteiger charge is -2.34. The number of carbonyl (C=O) groups is 2. The predicted octanol–water partition coefficient (Wildman–Crippen LogP) is 3.83. The second-order valence-corrected chi connectivity index (χ2v) is 5.45. The predicted molar refractivity (Wildman–Crippen MR) is 87.1 cm³/mol. The molecule has 0 saturated heterocycles. The number of nitrogens with one attached hydrogen (secondary N) is 2. The topological polar surface area (TPSA) is 85.9 Å². The first kappa shape index (κ1) is 23.5. The van der Waals surface area contributed by atoms with Crippen LogP contribution in [0.15, 0.2) is 24.3 Å². The molecule has 0 bridgehead atoms. The van der Waals surface area contributed by atoms with E-state index in [2.05, 4.69) is 25.8 Å². The highest BCUT2D eigenvalue weighted by Gasteiger charge is 2.64. The highest BCUT2D eigenvalue weighted by Crippen LogP contribution is 2.34. The van der Waals surface area contributed by atoms with Crippen molar-refractivity contribution in [2.45, 2.75) is 31.3 Å². The van der Waals surface area contributed by atoms with Gasteiger partial charge < -0.3 is 19.5 Å². The van der Waals surface area contributed by atoms with E-state index in [1.807, 2.05) is 5.32 Å². The van der Waals surface area contributed by atoms with Gasteiger partial charge in [-0.15, -0.1) is 8.78 Å². The van der Waals surface area contributed by atoms with Crippen LogP contribution in [-0.4, -0.2) is 42.7 Å². The number of benzene rings is 1. The van der Waals surface area contributed by atoms with Crippen molar-refractivity contribution in [2.75, 3.05) is 18.5 Å². The van der Waals surface area contributed by atoms with E-state index in [9.17, 15) is 31.5 Å². The van der Waals surface area contributed by atoms with E-state index >= 15 is 0 Å². The number of esters is 1. The molecular weight excluding hydrogens is 419 g/mol. The van der Waals surface area contributed by atoms with Gasteiger partial charge in [0, 0.05) is 17.3 Å². The summed E-state index contributed by atoms with van der Waals surface area (Å²) in [6.45, 7) is 1.93. The highest BCUT2D eigenvalue weighted by atomic mass is 35.5. The Morgan fingerprint density at radius 1 is 1.00 bits per heavy atom. The normalized spacial score (nSPS) is 13.9. The summed E-state index contributed by atoms with van der Waals surface area (Å²) in [5, 5.41) is 3.22. The van der Waals surface area contributed by atoms with Gasteiger partial charge in [0.05, 0.1) is 13.2 Å². The Kier molecular flexibility index (Phi) is 7.67. The van der Waals surface area contributed by atoms with Gasteiger partial charge in [-0.1, -0.05) is 0 Å². The molecule has 1 aromatic rings. The molecule has 0 aliphatic carbocycles. The first-order valence-corrected chi connectivity index (χ1v) is 8.05. The van der Waals surface area contributed by atoms with E-state index in [-0.39, 0.29) is 12.3 Å². The molecule has 1 rings (SSSR count). The molecule has 0 aliphatic rings. The van der Waals surface area contributed by atoms with E-state index in [1.54, 1.807) is 0 Å². The van der Waals surface area contributed by atoms with Gasteiger partial charge in [0.1, 0.15) is 5.75 Å². The van der Waals surface area contributed by atoms with Crippen LogP contribution >= 0.6 is 11.6 Å². The van der Waals surface area contributed by atoms with Gasteiger partial charge in [-0.25, -0.2) is 9.59 Å². The van der Waals surface area contributed by atoms with Crippen molar-refractivity contribution in [2.24, 2.45) is 0 Å². The maximum Gasteiger partial charge on any atom is 0.487 e. The Morgan fingerprint density at radius 3 is 1.96 bits per heavy atom. The first-order chi connectivity index (χ1) is 12.8. The van der Waals surface area contributed by atoms with Crippen LogP contribution in [0.2, 0.25) is 0 Å². The fourth-order valence-electron chi connectivity index (χ4n) is 1.91. The number of hydrogen-bond donors (Lipinski definition) is 2. The zero-order valence-corrected chi connectivity index (χ0v) is 15.3. The molecule has 0 saturated carbocycles. The Morgan fingerprint density at radius 2 is 1.54 bits per heavy atom. The molecular formula is C15H16ClF5N2O5. The van der Waals surface area contributed by atoms with Gasteiger partial charge in [0.2, 0.25) is 0 Å². The van der Waals surface area contributed by atoms with Crippen LogP contribution in [0.25, 0.3) is 0 Å². The fraction of sp³-hybridized carbons (Fsp3) is 0.467. The zero-order valence-electron chi connectivity index (χ0n) is 14.5. The number of hydrogen-bond acceptors (Lipinski definition) is 6. The van der Waals surface area contributed by atoms with Crippen LogP contribution in [0.1, 0.15) is 13.8 Å². The smallest absolute Gasteiger partial charge is 0.463 e. The third-order valence-corrected chi connectivity index (χ3v) is 3.07. The van der Waals surface area contributed by atoms with Crippen molar-refractivity contribution >= 4 is 29.4 Å². The van der Waals surface area contributed by atoms with Crippen molar-refractivity contribution in [3.05, 3.63) is 24.3 Å². The van der Waals surface area contributed by atoms with E-state index in [0.29, 0.717) is 0 Å². The molecule has 1 amide bonds. The van der Waals surface area contributed by atoms with Gasteiger partial charge in [-0.3, -0.25) is 5.32 Å². The summed E-state index contributed by atoms with van der Waals surface area (Å²) in [4.78, 5) is 23.7. The molecule has 0 radical (unpaired) electrons. The molecule has 13 heteroatoms. The molecule has 1 unspecified atom stereocenters. The first-order valence-electron chi connectivity index (χ1n) is 7.67. The van der Waals surface area contributed by atoms with Crippen LogP contribution in [0.4, 0.5) is 32.4 Å². The van der Waals surface area contributed by atoms with Crippen molar-refractivity contribution in [1.82, 2.24) is 5.32 Å². The lowest BCUT2D eigenvalue weighted by atomic mass is 10.1. The van der Waals surface area contributed by atoms with Crippen molar-refractivity contribution in [1.29, 1.82) is 0 Å². The second-order valence-electron chi connectivity index (χ2n) is 5.01. The molecule has 7 nitrogen and oxygen atoms in total. The summed E-state index contributed by atoms with van der Waals surface area (Å²) in [6.07, 6.45) is -6.91. The molecule has 28 heavy (non-hydrogen) atoms. The SMILES string of the molecule is CCOC(=O)NC(Nc1ccc(OC(F)(F)Cl)cc1)(C(=O)OCC)C(F)(F)F. The van der Waals surface area contributed by atoms with E-state index < -0.39 is 41.8 Å². The zero-order chi connectivity index (χ0) is 21.6. The summed E-state index contributed by atoms with van der Waals surface area (Å²) in [5.74, 6) is -2.32. The van der Waals surface area contributed by atoms with Gasteiger partial charge in [0.15, 0.2) is 0 Å². The monoisotopic (exact) mass is 434 g/mol. The number of rotatable bonds is 8. The summed E-state index contributed by atoms with van der Waals surface area (Å²) in [7, 11) is 0. The number of carbonyl (C=O) groups excluding carboxylic acids is 2. The van der Waals surface area contributed by atoms with Gasteiger partial charge in [-0.05, 0) is 38.1 Å². The number of ether oxygens (including phenoxy) is 3. The lowest BCUT2D eigenvalue weighted by molar-refractivity contribution is -0.205. The quantitative estimate of drug-likeness (QED) is 0.280. The average Bonchev–Trinajstić information content (AvgIpc) is 2.54. The summed E-state index contributed by atoms with van der Waals surface area (Å²) >= 11 is 4.59. The maximum absolute atomic E-state index is 13.8. The molecule has 0 spiro atoms. The Labute approximate surface area is 161 Å². The van der Waals surface area contributed by atoms with Crippen molar-refractivity contribution in [3.63, 3.8) is 0 Å². The van der Waals surface area contributed by atoms with Crippen LogP contribution in [0, 0.1) is 0 Å². The summed E-state index contributed by atoms with van der Waals surface area (Å²) < 4.78 is 79.4. The fourth-order valence-corrected chi connectivity index (χ4v) is 2.00. The minimum atomic E-state index is -5.37. The molecule has 0 aliphatic heterocycles. The third kappa shape index (κ3) is 6.29. The van der Waals surface area contributed by atoms with E-state index in [0.717, 1.165) is 24.3 Å². The molecule has 0 fully saturated rings. The van der Waals surface area contributed by atoms with Gasteiger partial charge in [-0.2, -0.15) is 13.2 Å². The number of amides is 1. The lowest BCUT2D eigenvalue weighted by Crippen LogP contribution is -2.69. The minimum Gasteiger partial charge on any atom is -0.463 e. The summed E-state index contributed by atoms with van der Waals surface area (Å²) in [5.41, 5.74) is -8.11. The van der Waals surface area contributed by atoms with Gasteiger partial charge >= 0.3 is 29.5 Å². The van der Waals surface area contributed by atoms with E-state index in [1.165, 1.54) is 19.2 Å². The second kappa shape index (κ2) is 9.13.